The summed E-state index contributed by atoms with van der Waals surface area (Å²) in [6.45, 7) is 1.87. The number of nitrogens with zero attached hydrogens (tertiary/aromatic N) is 3. The molecule has 5 nitrogen and oxygen atoms in total. The van der Waals surface area contributed by atoms with Crippen LogP contribution >= 0.6 is 0 Å². The van der Waals surface area contributed by atoms with Crippen LogP contribution in [0.5, 0.6) is 0 Å². The van der Waals surface area contributed by atoms with E-state index in [0.29, 0.717) is 12.6 Å². The summed E-state index contributed by atoms with van der Waals surface area (Å²) < 4.78 is 0. The molecule has 0 saturated carbocycles. The van der Waals surface area contributed by atoms with E-state index in [1.165, 1.54) is 19.4 Å². The number of guanidine groups is 1. The number of nitrogens with one attached hydrogen (secondary N) is 1. The highest BCUT2D eigenvalue weighted by Crippen LogP contribution is 2.17. The topological polar surface area (TPSA) is 77.4 Å². The van der Waals surface area contributed by atoms with Crippen LogP contribution in [0.25, 0.3) is 0 Å². The molecular weight excluding hydrogens is 178 g/mol. The highest BCUT2D eigenvalue weighted by atomic mass is 15.1. The second-order valence-electron chi connectivity index (χ2n) is 3.57. The summed E-state index contributed by atoms with van der Waals surface area (Å²) in [5, 5.41) is 10.6. The molecule has 1 aliphatic heterocycles. The van der Waals surface area contributed by atoms with Crippen molar-refractivity contribution < 1.29 is 0 Å². The highest BCUT2D eigenvalue weighted by Gasteiger charge is 2.19. The van der Waals surface area contributed by atoms with Crippen molar-refractivity contribution in [1.82, 2.24) is 10.2 Å². The predicted molar refractivity (Wildman–Crippen MR) is 55.5 cm³/mol. The molecule has 5 heteroatoms. The molecule has 0 aromatic heterocycles. The van der Waals surface area contributed by atoms with Gasteiger partial charge < -0.3 is 10.6 Å². The van der Waals surface area contributed by atoms with Crippen molar-refractivity contribution in [3.05, 3.63) is 0 Å². The average molecular weight is 195 g/mol. The van der Waals surface area contributed by atoms with E-state index in [4.69, 9.17) is 11.0 Å². The molecule has 1 rings (SSSR count). The van der Waals surface area contributed by atoms with E-state index in [-0.39, 0.29) is 5.96 Å². The summed E-state index contributed by atoms with van der Waals surface area (Å²) in [4.78, 5) is 6.40. The van der Waals surface area contributed by atoms with Crippen LogP contribution in [-0.2, 0) is 0 Å². The number of hydrogen-bond donors (Lipinski definition) is 2. The van der Waals surface area contributed by atoms with E-state index in [1.807, 2.05) is 0 Å². The van der Waals surface area contributed by atoms with Crippen molar-refractivity contribution >= 4 is 5.96 Å². The van der Waals surface area contributed by atoms with Gasteiger partial charge in [-0.1, -0.05) is 0 Å². The average Bonchev–Trinajstić information content (AvgIpc) is 2.52. The third kappa shape index (κ3) is 3.23. The quantitative estimate of drug-likeness (QED) is 0.284. The Morgan fingerprint density at radius 1 is 1.79 bits per heavy atom. The molecule has 0 aliphatic carbocycles. The Bertz CT molecular complexity index is 242. The number of nitriles is 1. The molecular formula is C9H17N5. The lowest BCUT2D eigenvalue weighted by atomic mass is 10.1. The van der Waals surface area contributed by atoms with Crippen molar-refractivity contribution in [1.29, 1.82) is 5.26 Å². The van der Waals surface area contributed by atoms with Gasteiger partial charge in [-0.15, -0.1) is 0 Å². The highest BCUT2D eigenvalue weighted by molar-refractivity contribution is 5.79. The molecule has 14 heavy (non-hydrogen) atoms. The first-order chi connectivity index (χ1) is 6.74. The Hall–Kier alpha value is -1.28. The Morgan fingerprint density at radius 3 is 3.14 bits per heavy atom. The molecule has 1 heterocycles. The summed E-state index contributed by atoms with van der Waals surface area (Å²) in [6.07, 6.45) is 5.28. The molecule has 1 fully saturated rings. The van der Waals surface area contributed by atoms with Gasteiger partial charge >= 0.3 is 0 Å². The Kier molecular flexibility index (Phi) is 4.20. The predicted octanol–water partition coefficient (Wildman–Crippen LogP) is -0.144. The first kappa shape index (κ1) is 10.8. The summed E-state index contributed by atoms with van der Waals surface area (Å²) in [7, 11) is 2.14. The molecule has 0 spiro atoms. The van der Waals surface area contributed by atoms with Gasteiger partial charge in [-0.25, -0.2) is 0 Å². The van der Waals surface area contributed by atoms with Crippen LogP contribution in [-0.4, -0.2) is 37.0 Å². The molecule has 0 amide bonds. The van der Waals surface area contributed by atoms with E-state index < -0.39 is 0 Å². The first-order valence-corrected chi connectivity index (χ1v) is 4.89. The van der Waals surface area contributed by atoms with Crippen LogP contribution in [0.15, 0.2) is 4.99 Å². The van der Waals surface area contributed by atoms with Crippen molar-refractivity contribution in [2.24, 2.45) is 10.7 Å². The van der Waals surface area contributed by atoms with Crippen LogP contribution in [0, 0.1) is 11.5 Å². The Labute approximate surface area is 84.6 Å². The van der Waals surface area contributed by atoms with Crippen LogP contribution in [0.4, 0.5) is 0 Å². The lowest BCUT2D eigenvalue weighted by Crippen LogP contribution is -2.29. The summed E-state index contributed by atoms with van der Waals surface area (Å²) in [5.41, 5.74) is 5.41. The third-order valence-electron chi connectivity index (χ3n) is 2.60. The number of likely N-dealkylation sites (tertiary alicyclic amines) is 1. The second-order valence-corrected chi connectivity index (χ2v) is 3.57. The van der Waals surface area contributed by atoms with Crippen molar-refractivity contribution in [3.63, 3.8) is 0 Å². The minimum Gasteiger partial charge on any atom is -0.369 e. The minimum absolute atomic E-state index is 0.216. The van der Waals surface area contributed by atoms with Gasteiger partial charge in [-0.3, -0.25) is 10.3 Å². The van der Waals surface area contributed by atoms with Gasteiger partial charge in [0, 0.05) is 12.6 Å². The molecule has 1 atom stereocenters. The third-order valence-corrected chi connectivity index (χ3v) is 2.60. The van der Waals surface area contributed by atoms with Gasteiger partial charge in [-0.05, 0) is 32.9 Å². The van der Waals surface area contributed by atoms with Crippen LogP contribution in [0.2, 0.25) is 0 Å². The SMILES string of the molecule is CN1CCCC1CCN=C(N)NC#N. The lowest BCUT2D eigenvalue weighted by molar-refractivity contribution is 0.299. The van der Waals surface area contributed by atoms with Crippen LogP contribution in [0.3, 0.4) is 0 Å². The minimum atomic E-state index is 0.216. The number of aliphatic imine (C=N–C) groups is 1. The lowest BCUT2D eigenvalue weighted by Gasteiger charge is -2.17. The molecule has 0 radical (unpaired) electrons. The molecule has 1 aliphatic rings. The van der Waals surface area contributed by atoms with Gasteiger partial charge in [-0.2, -0.15) is 5.26 Å². The fraction of sp³-hybridized carbons (Fsp3) is 0.778. The standard InChI is InChI=1S/C9H17N5/c1-14-6-2-3-8(14)4-5-12-9(11)13-7-10/h8H,2-6H2,1H3,(H3,11,12,13). The van der Waals surface area contributed by atoms with E-state index in [0.717, 1.165) is 6.42 Å². The molecule has 1 unspecified atom stereocenters. The maximum atomic E-state index is 8.26. The van der Waals surface area contributed by atoms with Crippen molar-refractivity contribution in [2.45, 2.75) is 25.3 Å². The van der Waals surface area contributed by atoms with Crippen LogP contribution < -0.4 is 11.1 Å². The second kappa shape index (κ2) is 5.45. The summed E-state index contributed by atoms with van der Waals surface area (Å²) in [5.74, 6) is 0.216. The summed E-state index contributed by atoms with van der Waals surface area (Å²) in [6, 6.07) is 0.633. The van der Waals surface area contributed by atoms with Gasteiger partial charge in [0.05, 0.1) is 0 Å². The first-order valence-electron chi connectivity index (χ1n) is 4.89. The maximum Gasteiger partial charge on any atom is 0.202 e. The fourth-order valence-corrected chi connectivity index (χ4v) is 1.77. The Morgan fingerprint density at radius 2 is 2.57 bits per heavy atom. The summed E-state index contributed by atoms with van der Waals surface area (Å²) >= 11 is 0. The number of rotatable bonds is 3. The normalized spacial score (nSPS) is 23.4. The van der Waals surface area contributed by atoms with Gasteiger partial charge in [0.15, 0.2) is 6.19 Å². The molecule has 78 valence electrons. The fourth-order valence-electron chi connectivity index (χ4n) is 1.77. The number of nitrogens with two attached hydrogens (primary N) is 1. The zero-order valence-corrected chi connectivity index (χ0v) is 8.53. The van der Waals surface area contributed by atoms with Crippen molar-refractivity contribution in [3.8, 4) is 6.19 Å². The van der Waals surface area contributed by atoms with Gasteiger partial charge in [0.25, 0.3) is 0 Å². The largest absolute Gasteiger partial charge is 0.369 e. The van der Waals surface area contributed by atoms with E-state index in [2.05, 4.69) is 22.3 Å². The monoisotopic (exact) mass is 195 g/mol. The van der Waals surface area contributed by atoms with Crippen molar-refractivity contribution in [2.75, 3.05) is 20.1 Å². The zero-order chi connectivity index (χ0) is 10.4. The molecule has 1 saturated heterocycles. The van der Waals surface area contributed by atoms with Crippen LogP contribution in [0.1, 0.15) is 19.3 Å². The smallest absolute Gasteiger partial charge is 0.202 e. The van der Waals surface area contributed by atoms with E-state index in [1.54, 1.807) is 6.19 Å². The molecule has 0 bridgehead atoms. The molecule has 0 aromatic carbocycles. The number of hydrogen-bond acceptors (Lipinski definition) is 3. The molecule has 0 aromatic rings. The zero-order valence-electron chi connectivity index (χ0n) is 8.53. The van der Waals surface area contributed by atoms with E-state index >= 15 is 0 Å². The Balaban J connectivity index is 2.20. The molecule has 3 N–H and O–H groups in total. The maximum absolute atomic E-state index is 8.26. The van der Waals surface area contributed by atoms with Gasteiger partial charge in [0.1, 0.15) is 0 Å². The van der Waals surface area contributed by atoms with E-state index in [9.17, 15) is 0 Å². The van der Waals surface area contributed by atoms with Gasteiger partial charge in [0.2, 0.25) is 5.96 Å².